The maximum Gasteiger partial charge on any atom is 0.481 e. The highest BCUT2D eigenvalue weighted by Crippen LogP contribution is 2.60. The van der Waals surface area contributed by atoms with E-state index in [0.29, 0.717) is 4.91 Å². The minimum Gasteiger partial charge on any atom is -0.387 e. The summed E-state index contributed by atoms with van der Waals surface area (Å²) < 4.78 is 50.7. The van der Waals surface area contributed by atoms with Crippen LogP contribution in [0.4, 0.5) is 17.5 Å². The molecule has 6 rings (SSSR count). The van der Waals surface area contributed by atoms with Gasteiger partial charge >= 0.3 is 15.6 Å². The fourth-order valence-electron chi connectivity index (χ4n) is 5.23. The highest BCUT2D eigenvalue weighted by atomic mass is 32.1. The van der Waals surface area contributed by atoms with Gasteiger partial charge in [-0.3, -0.25) is 29.4 Å². The molecule has 1 saturated heterocycles. The van der Waals surface area contributed by atoms with E-state index < -0.39 is 89.5 Å². The molecule has 10 atom stereocenters. The summed E-state index contributed by atoms with van der Waals surface area (Å²) in [7, 11) is -10.7. The molecule has 0 saturated carbocycles. The van der Waals surface area contributed by atoms with Crippen molar-refractivity contribution < 1.29 is 56.8 Å². The summed E-state index contributed by atoms with van der Waals surface area (Å²) in [5.41, 5.74) is 10.9. The largest absolute Gasteiger partial charge is 0.481 e. The van der Waals surface area contributed by atoms with Gasteiger partial charge in [-0.1, -0.05) is 0 Å². The van der Waals surface area contributed by atoms with Crippen LogP contribution in [0.1, 0.15) is 0 Å². The highest BCUT2D eigenvalue weighted by Gasteiger charge is 2.49. The first-order valence-electron chi connectivity index (χ1n) is 13.5. The molecule has 1 aromatic heterocycles. The molecule has 0 aliphatic carbocycles. The van der Waals surface area contributed by atoms with Crippen LogP contribution in [0, 0.1) is 0 Å². The zero-order chi connectivity index (χ0) is 34.0. The molecule has 6 heterocycles. The van der Waals surface area contributed by atoms with E-state index in [1.807, 2.05) is 0 Å². The molecule has 260 valence electrons. The van der Waals surface area contributed by atoms with Gasteiger partial charge in [0.1, 0.15) is 47.7 Å². The summed E-state index contributed by atoms with van der Waals surface area (Å²) in [5.74, 6) is -0.444. The fraction of sp³-hybridized carbons (Fsp3) is 0.550. The van der Waals surface area contributed by atoms with Crippen LogP contribution in [0.5, 0.6) is 0 Å². The molecule has 5 aliphatic rings. The van der Waals surface area contributed by atoms with E-state index >= 15 is 0 Å². The number of carbonyl (C=O) groups is 1. The number of fused-ring (bicyclic) bond motifs is 2. The number of aromatic amines is 1. The van der Waals surface area contributed by atoms with Gasteiger partial charge in [-0.25, -0.2) is 9.13 Å². The van der Waals surface area contributed by atoms with E-state index in [1.165, 1.54) is 4.90 Å². The van der Waals surface area contributed by atoms with Crippen molar-refractivity contribution in [3.63, 3.8) is 0 Å². The predicted octanol–water partition coefficient (Wildman–Crippen LogP) is -4.27. The van der Waals surface area contributed by atoms with Gasteiger partial charge in [-0.15, -0.1) is 25.3 Å². The van der Waals surface area contributed by atoms with E-state index in [0.717, 1.165) is 0 Å². The van der Waals surface area contributed by atoms with Gasteiger partial charge in [-0.2, -0.15) is 9.29 Å². The number of hydrogen-bond donors (Lipinski definition) is 14. The topological polar surface area (TPSA) is 339 Å². The van der Waals surface area contributed by atoms with Crippen LogP contribution >= 0.6 is 40.9 Å². The van der Waals surface area contributed by atoms with E-state index in [1.54, 1.807) is 0 Å². The number of aliphatic hydroxyl groups is 2. The summed E-state index contributed by atoms with van der Waals surface area (Å²) in [6, 6.07) is -0.703. The second-order valence-electron chi connectivity index (χ2n) is 10.5. The number of hydrogen-bond acceptors (Lipinski definition) is 21. The molecule has 5 aliphatic heterocycles. The minimum absolute atomic E-state index is 0.0277. The predicted molar refractivity (Wildman–Crippen MR) is 164 cm³/mol. The molecule has 0 radical (unpaired) electrons. The number of amides is 1. The Balaban J connectivity index is 1.03. The minimum atomic E-state index is -5.36. The number of H-pyrrole nitrogens is 1. The van der Waals surface area contributed by atoms with Crippen molar-refractivity contribution >= 4 is 64.3 Å². The van der Waals surface area contributed by atoms with Gasteiger partial charge < -0.3 is 66.7 Å². The Labute approximate surface area is 274 Å². The third-order valence-electron chi connectivity index (χ3n) is 7.38. The number of ether oxygens (including phenoxy) is 2. The summed E-state index contributed by atoms with van der Waals surface area (Å²) in [4.78, 5) is 52.8. The van der Waals surface area contributed by atoms with Crippen molar-refractivity contribution in [3.05, 3.63) is 31.7 Å². The quantitative estimate of drug-likeness (QED) is 0.0840. The maximum atomic E-state index is 12.6. The zero-order valence-electron chi connectivity index (χ0n) is 23.5. The molecule has 0 spiro atoms. The summed E-state index contributed by atoms with van der Waals surface area (Å²) in [6.07, 6.45) is -8.94. The number of rotatable bonds is 9. The second-order valence-corrected chi connectivity index (χ2v) is 14.5. The van der Waals surface area contributed by atoms with Gasteiger partial charge in [0, 0.05) is 9.81 Å². The van der Waals surface area contributed by atoms with Gasteiger partial charge in [0.2, 0.25) is 5.95 Å². The van der Waals surface area contributed by atoms with E-state index in [-0.39, 0.29) is 40.5 Å². The lowest BCUT2D eigenvalue weighted by molar-refractivity contribution is -0.120. The fourth-order valence-corrected chi connectivity index (χ4v) is 7.93. The van der Waals surface area contributed by atoms with Crippen LogP contribution in [0.15, 0.2) is 26.1 Å². The molecule has 47 heavy (non-hydrogen) atoms. The number of aliphatic hydroxyl groups excluding tert-OH is 2. The van der Waals surface area contributed by atoms with Crippen molar-refractivity contribution in [3.8, 4) is 0 Å². The lowest BCUT2D eigenvalue weighted by Crippen LogP contribution is -2.67. The zero-order valence-corrected chi connectivity index (χ0v) is 27.1. The Hall–Kier alpha value is -2.61. The molecule has 1 fully saturated rings. The van der Waals surface area contributed by atoms with Crippen molar-refractivity contribution in [1.29, 1.82) is 0 Å². The second kappa shape index (κ2) is 12.7. The van der Waals surface area contributed by atoms with Crippen molar-refractivity contribution in [2.75, 3.05) is 35.8 Å². The van der Waals surface area contributed by atoms with Gasteiger partial charge in [-0.05, 0) is 0 Å². The number of phosphoric acid groups is 2. The lowest BCUT2D eigenvalue weighted by Gasteiger charge is -2.44. The molecule has 14 N–H and O–H groups in total. The van der Waals surface area contributed by atoms with E-state index in [4.69, 9.17) is 30.0 Å². The number of nitrogens with one attached hydrogen (secondary N) is 6. The first-order chi connectivity index (χ1) is 22.0. The molecule has 0 aromatic carbocycles. The van der Waals surface area contributed by atoms with Crippen LogP contribution in [0.25, 0.3) is 0 Å². The number of carbonyl (C=O) groups excluding carboxylic acids is 1. The normalized spacial score (nSPS) is 34.1. The third-order valence-corrected chi connectivity index (χ3v) is 11.2. The van der Waals surface area contributed by atoms with Crippen LogP contribution in [0.2, 0.25) is 0 Å². The number of thiol groups is 2. The number of nitrogen functional groups attached to an aromatic ring is 1. The van der Waals surface area contributed by atoms with E-state index in [9.17, 15) is 38.7 Å². The molecule has 3 unspecified atom stereocenters. The third kappa shape index (κ3) is 6.82. The van der Waals surface area contributed by atoms with Crippen LogP contribution in [0.3, 0.4) is 0 Å². The highest BCUT2D eigenvalue weighted by molar-refractivity contribution is 7.88. The Morgan fingerprint density at radius 3 is 2.43 bits per heavy atom. The Morgan fingerprint density at radius 1 is 1.00 bits per heavy atom. The molecule has 23 nitrogen and oxygen atoms in total. The van der Waals surface area contributed by atoms with Gasteiger partial charge in [0.05, 0.1) is 19.9 Å². The van der Waals surface area contributed by atoms with Gasteiger partial charge in [0.25, 0.3) is 11.5 Å². The van der Waals surface area contributed by atoms with Gasteiger partial charge in [0.15, 0.2) is 24.6 Å². The summed E-state index contributed by atoms with van der Waals surface area (Å²) >= 11 is 8.78. The molecule has 27 heteroatoms. The first-order valence-corrected chi connectivity index (χ1v) is 17.4. The lowest BCUT2D eigenvalue weighted by atomic mass is 10.1. The number of nitrogens with zero attached hydrogens (tertiary/aromatic N) is 2. The number of phosphoric ester groups is 2. The van der Waals surface area contributed by atoms with Crippen molar-refractivity contribution in [2.45, 2.75) is 49.2 Å². The average Bonchev–Trinajstić information content (AvgIpc) is 3.52. The summed E-state index contributed by atoms with van der Waals surface area (Å²) in [5, 5.41) is 35.0. The molecular weight excluding hydrogens is 714 g/mol. The molecular formula is C20H30N10O13P2S2. The van der Waals surface area contributed by atoms with Crippen LogP contribution in [-0.4, -0.2) is 105 Å². The Kier molecular flexibility index (Phi) is 9.25. The smallest absolute Gasteiger partial charge is 0.387 e. The average molecular weight is 745 g/mol. The SMILES string of the molecule is Nc1nc2c(c(=O)[nH]1)NCN2[C@@H]1O[C@H](COP(=O)(O)OP(=O)(O)OC[C@H]2O[C@H]3NC4=C(N[C@H]3C(S)=C2S)C(=O)NC(N)N4)[C@@H](O)[C@H]1O. The Morgan fingerprint density at radius 2 is 1.70 bits per heavy atom. The monoisotopic (exact) mass is 744 g/mol. The van der Waals surface area contributed by atoms with Crippen LogP contribution < -0.4 is 48.5 Å². The number of aromatic nitrogens is 2. The molecule has 1 aromatic rings. The van der Waals surface area contributed by atoms with E-state index in [2.05, 4.69) is 66.1 Å². The molecule has 0 bridgehead atoms. The number of anilines is 3. The maximum absolute atomic E-state index is 12.6. The first kappa shape index (κ1) is 34.3. The summed E-state index contributed by atoms with van der Waals surface area (Å²) in [6.45, 7) is -1.68. The van der Waals surface area contributed by atoms with Crippen molar-refractivity contribution in [2.24, 2.45) is 5.73 Å². The molecule has 1 amide bonds. The Bertz CT molecular complexity index is 1680. The standard InChI is InChI=1S/C20H30N10O13P2S2/c21-19-26-13-7(15(33)28-19)24-6-12(47)11(46)5(41-17(6)25-13)2-40-45(37,38)43-44(35,36)39-1-4-9(31)10(32)18(42-4)30-3-23-8-14(30)27-20(22)29-16(8)34/h4-6,9-10,17-19,23-26,31-32,46-47H,1-3,21H2,(H,28,33)(H,35,36)(H,37,38)(H3,22,27,29,34)/t4-,5-,6+,9-,10-,17-,18-,19?/m1/s1. The van der Waals surface area contributed by atoms with Crippen LogP contribution in [-0.2, 0) is 36.8 Å². The number of nitrogens with two attached hydrogens (primary N) is 2. The van der Waals surface area contributed by atoms with Crippen molar-refractivity contribution in [1.82, 2.24) is 31.2 Å².